The van der Waals surface area contributed by atoms with Crippen molar-refractivity contribution >= 4 is 18.0 Å². The monoisotopic (exact) mass is 481 g/mol. The summed E-state index contributed by atoms with van der Waals surface area (Å²) >= 11 is 0. The van der Waals surface area contributed by atoms with E-state index in [1.807, 2.05) is 50.2 Å². The lowest BCUT2D eigenvalue weighted by Gasteiger charge is -2.25. The molecule has 2 N–H and O–H groups in total. The SMILES string of the molecule is CCC[C@@H](CC(=O)N(CCN(C)C)CC(=O)O)NC(=O)OCC1c2ccccc2-c2ccccc21. The van der Waals surface area contributed by atoms with Gasteiger partial charge in [0.1, 0.15) is 13.2 Å². The second-order valence-electron chi connectivity index (χ2n) is 9.17. The fourth-order valence-electron chi connectivity index (χ4n) is 4.50. The fraction of sp³-hybridized carbons (Fsp3) is 0.444. The van der Waals surface area contributed by atoms with Crippen LogP contribution in [0.4, 0.5) is 4.79 Å². The number of carbonyl (C=O) groups is 3. The molecule has 8 nitrogen and oxygen atoms in total. The first-order valence-electron chi connectivity index (χ1n) is 12.1. The summed E-state index contributed by atoms with van der Waals surface area (Å²) in [6.07, 6.45) is 0.804. The molecule has 0 bridgehead atoms. The van der Waals surface area contributed by atoms with Crippen molar-refractivity contribution < 1.29 is 24.2 Å². The highest BCUT2D eigenvalue weighted by Gasteiger charge is 2.29. The Labute approximate surface area is 206 Å². The molecule has 2 amide bonds. The normalized spacial score (nSPS) is 13.1. The number of nitrogens with one attached hydrogen (secondary N) is 1. The first-order chi connectivity index (χ1) is 16.8. The van der Waals surface area contributed by atoms with Crippen LogP contribution in [0.1, 0.15) is 43.2 Å². The molecule has 0 heterocycles. The van der Waals surface area contributed by atoms with E-state index in [1.165, 1.54) is 4.90 Å². The van der Waals surface area contributed by atoms with Gasteiger partial charge in [0.2, 0.25) is 5.91 Å². The van der Waals surface area contributed by atoms with E-state index in [-0.39, 0.29) is 31.4 Å². The van der Waals surface area contributed by atoms with Crippen molar-refractivity contribution in [1.29, 1.82) is 0 Å². The zero-order valence-electron chi connectivity index (χ0n) is 20.7. The number of carboxylic acid groups (broad SMARTS) is 1. The highest BCUT2D eigenvalue weighted by atomic mass is 16.5. The van der Waals surface area contributed by atoms with Crippen LogP contribution < -0.4 is 5.32 Å². The molecular formula is C27H35N3O5. The van der Waals surface area contributed by atoms with Gasteiger partial charge in [-0.1, -0.05) is 61.9 Å². The molecule has 8 heteroatoms. The molecule has 0 aliphatic heterocycles. The summed E-state index contributed by atoms with van der Waals surface area (Å²) < 4.78 is 5.63. The third-order valence-electron chi connectivity index (χ3n) is 6.22. The Hall–Kier alpha value is -3.39. The van der Waals surface area contributed by atoms with Crippen molar-refractivity contribution in [2.45, 2.75) is 38.1 Å². The Kier molecular flexibility index (Phi) is 9.25. The second kappa shape index (κ2) is 12.4. The number of rotatable bonds is 12. The number of carboxylic acids is 1. The molecule has 1 aliphatic rings. The van der Waals surface area contributed by atoms with E-state index in [2.05, 4.69) is 29.6 Å². The van der Waals surface area contributed by atoms with E-state index in [0.29, 0.717) is 19.5 Å². The average molecular weight is 482 g/mol. The van der Waals surface area contributed by atoms with E-state index >= 15 is 0 Å². The third-order valence-corrected chi connectivity index (χ3v) is 6.22. The van der Waals surface area contributed by atoms with Crippen LogP contribution in [0.5, 0.6) is 0 Å². The van der Waals surface area contributed by atoms with Crippen molar-refractivity contribution in [3.05, 3.63) is 59.7 Å². The number of alkyl carbamates (subject to hydrolysis) is 1. The average Bonchev–Trinajstić information content (AvgIpc) is 3.14. The molecule has 0 saturated heterocycles. The minimum atomic E-state index is -1.06. The van der Waals surface area contributed by atoms with Crippen molar-refractivity contribution in [1.82, 2.24) is 15.1 Å². The molecule has 1 aliphatic carbocycles. The topological polar surface area (TPSA) is 99.2 Å². The van der Waals surface area contributed by atoms with Crippen LogP contribution >= 0.6 is 0 Å². The maximum atomic E-state index is 12.9. The molecule has 1 atom stereocenters. The maximum Gasteiger partial charge on any atom is 0.407 e. The summed E-state index contributed by atoms with van der Waals surface area (Å²) in [6.45, 7) is 2.66. The second-order valence-corrected chi connectivity index (χ2v) is 9.17. The molecule has 2 aromatic carbocycles. The van der Waals surface area contributed by atoms with E-state index in [9.17, 15) is 19.5 Å². The molecule has 0 unspecified atom stereocenters. The van der Waals surface area contributed by atoms with Gasteiger partial charge < -0.3 is 25.0 Å². The quantitative estimate of drug-likeness (QED) is 0.481. The van der Waals surface area contributed by atoms with Gasteiger partial charge in [0.15, 0.2) is 0 Å². The number of hydrogen-bond acceptors (Lipinski definition) is 5. The van der Waals surface area contributed by atoms with E-state index < -0.39 is 18.1 Å². The number of carbonyl (C=O) groups excluding carboxylic acids is 2. The first kappa shape index (κ1) is 26.2. The smallest absolute Gasteiger partial charge is 0.407 e. The Morgan fingerprint density at radius 3 is 2.14 bits per heavy atom. The fourth-order valence-corrected chi connectivity index (χ4v) is 4.50. The van der Waals surface area contributed by atoms with Gasteiger partial charge in [0, 0.05) is 31.5 Å². The highest BCUT2D eigenvalue weighted by molar-refractivity contribution is 5.82. The lowest BCUT2D eigenvalue weighted by Crippen LogP contribution is -2.44. The number of nitrogens with zero attached hydrogens (tertiary/aromatic N) is 2. The zero-order chi connectivity index (χ0) is 25.4. The third kappa shape index (κ3) is 7.05. The first-order valence-corrected chi connectivity index (χ1v) is 12.1. The number of amides is 2. The number of benzene rings is 2. The Morgan fingerprint density at radius 2 is 1.60 bits per heavy atom. The number of hydrogen-bond donors (Lipinski definition) is 2. The standard InChI is InChI=1S/C27H35N3O5/c1-4-9-19(16-25(31)30(17-26(32)33)15-14-29(2)3)28-27(34)35-18-24-22-12-7-5-10-20(22)21-11-6-8-13-23(21)24/h5-8,10-13,19,24H,4,9,14-18H2,1-3H3,(H,28,34)(H,32,33)/t19-/m0/s1. The number of ether oxygens (including phenoxy) is 1. The van der Waals surface area contributed by atoms with Crippen LogP contribution in [0.2, 0.25) is 0 Å². The summed E-state index contributed by atoms with van der Waals surface area (Å²) in [5, 5.41) is 12.0. The van der Waals surface area contributed by atoms with Crippen LogP contribution in [-0.2, 0) is 14.3 Å². The molecule has 0 saturated carbocycles. The summed E-state index contributed by atoms with van der Waals surface area (Å²) in [5.41, 5.74) is 4.57. The Morgan fingerprint density at radius 1 is 1.00 bits per heavy atom. The van der Waals surface area contributed by atoms with Gasteiger partial charge in [0.05, 0.1) is 0 Å². The van der Waals surface area contributed by atoms with Crippen molar-refractivity contribution in [2.75, 3.05) is 40.3 Å². The van der Waals surface area contributed by atoms with E-state index in [1.54, 1.807) is 0 Å². The molecule has 2 aromatic rings. The summed E-state index contributed by atoms with van der Waals surface area (Å²) in [4.78, 5) is 40.0. The maximum absolute atomic E-state index is 12.9. The van der Waals surface area contributed by atoms with E-state index in [4.69, 9.17) is 4.74 Å². The number of fused-ring (bicyclic) bond motifs is 3. The minimum Gasteiger partial charge on any atom is -0.480 e. The molecule has 188 valence electrons. The van der Waals surface area contributed by atoms with Crippen LogP contribution in [0.3, 0.4) is 0 Å². The molecule has 0 aromatic heterocycles. The summed E-state index contributed by atoms with van der Waals surface area (Å²) in [6, 6.07) is 15.8. The molecule has 3 rings (SSSR count). The zero-order valence-corrected chi connectivity index (χ0v) is 20.7. The summed E-state index contributed by atoms with van der Waals surface area (Å²) in [5.74, 6) is -1.41. The minimum absolute atomic E-state index is 0.0265. The van der Waals surface area contributed by atoms with Gasteiger partial charge >= 0.3 is 12.1 Å². The predicted octanol–water partition coefficient (Wildman–Crippen LogP) is 3.56. The summed E-state index contributed by atoms with van der Waals surface area (Å²) in [7, 11) is 3.73. The van der Waals surface area contributed by atoms with Crippen molar-refractivity contribution in [3.63, 3.8) is 0 Å². The van der Waals surface area contributed by atoms with Crippen LogP contribution in [0.25, 0.3) is 11.1 Å². The molecular weight excluding hydrogens is 446 g/mol. The van der Waals surface area contributed by atoms with Crippen molar-refractivity contribution in [2.24, 2.45) is 0 Å². The molecule has 0 fully saturated rings. The van der Waals surface area contributed by atoms with Gasteiger partial charge in [-0.2, -0.15) is 0 Å². The lowest BCUT2D eigenvalue weighted by atomic mass is 9.98. The molecule has 35 heavy (non-hydrogen) atoms. The van der Waals surface area contributed by atoms with Crippen LogP contribution in [0, 0.1) is 0 Å². The Balaban J connectivity index is 1.61. The van der Waals surface area contributed by atoms with Gasteiger partial charge in [-0.25, -0.2) is 4.79 Å². The number of likely N-dealkylation sites (N-methyl/N-ethyl adjacent to an activating group) is 1. The van der Waals surface area contributed by atoms with Crippen molar-refractivity contribution in [3.8, 4) is 11.1 Å². The molecule has 0 radical (unpaired) electrons. The van der Waals surface area contributed by atoms with Crippen LogP contribution in [0.15, 0.2) is 48.5 Å². The van der Waals surface area contributed by atoms with E-state index in [0.717, 1.165) is 28.7 Å². The van der Waals surface area contributed by atoms with Gasteiger partial charge in [-0.15, -0.1) is 0 Å². The predicted molar refractivity (Wildman–Crippen MR) is 134 cm³/mol. The largest absolute Gasteiger partial charge is 0.480 e. The lowest BCUT2D eigenvalue weighted by molar-refractivity contribution is -0.144. The Bertz CT molecular complexity index is 993. The van der Waals surface area contributed by atoms with Gasteiger partial charge in [-0.05, 0) is 42.8 Å². The number of aliphatic carboxylic acids is 1. The van der Waals surface area contributed by atoms with Crippen LogP contribution in [-0.4, -0.2) is 79.3 Å². The van der Waals surface area contributed by atoms with Gasteiger partial charge in [-0.3, -0.25) is 9.59 Å². The van der Waals surface area contributed by atoms with Gasteiger partial charge in [0.25, 0.3) is 0 Å². The highest BCUT2D eigenvalue weighted by Crippen LogP contribution is 2.44. The molecule has 0 spiro atoms.